The van der Waals surface area contributed by atoms with Crippen molar-refractivity contribution in [1.29, 1.82) is 0 Å². The number of rotatable bonds is 5. The molecular formula is C22H23N3O4. The number of aromatic nitrogens is 3. The minimum absolute atomic E-state index is 0.169. The van der Waals surface area contributed by atoms with Crippen molar-refractivity contribution in [2.75, 3.05) is 6.61 Å². The highest BCUT2D eigenvalue weighted by Crippen LogP contribution is 2.23. The van der Waals surface area contributed by atoms with Gasteiger partial charge in [-0.3, -0.25) is 0 Å². The van der Waals surface area contributed by atoms with Crippen LogP contribution in [0.25, 0.3) is 0 Å². The van der Waals surface area contributed by atoms with E-state index >= 15 is 0 Å². The second-order valence-corrected chi connectivity index (χ2v) is 6.97. The SMILES string of the molecule is C[C@H](OC1CCCCO1)c1nccn1Cc1cc(C#Cc2ccc(O)cc2)on1. The molecule has 1 aliphatic rings. The Morgan fingerprint density at radius 2 is 2.14 bits per heavy atom. The molecule has 4 rings (SSSR count). The number of hydrogen-bond acceptors (Lipinski definition) is 6. The van der Waals surface area contributed by atoms with Crippen LogP contribution < -0.4 is 0 Å². The fourth-order valence-electron chi connectivity index (χ4n) is 3.22. The second-order valence-electron chi connectivity index (χ2n) is 6.97. The number of imidazole rings is 1. The zero-order valence-corrected chi connectivity index (χ0v) is 16.2. The van der Waals surface area contributed by atoms with E-state index in [1.54, 1.807) is 30.5 Å². The topological polar surface area (TPSA) is 82.5 Å². The predicted molar refractivity (Wildman–Crippen MR) is 105 cm³/mol. The van der Waals surface area contributed by atoms with E-state index in [0.717, 1.165) is 43.0 Å². The van der Waals surface area contributed by atoms with E-state index in [1.165, 1.54) is 0 Å². The van der Waals surface area contributed by atoms with E-state index in [9.17, 15) is 5.11 Å². The molecule has 1 fully saturated rings. The van der Waals surface area contributed by atoms with E-state index in [0.29, 0.717) is 12.3 Å². The van der Waals surface area contributed by atoms with Crippen molar-refractivity contribution in [1.82, 2.24) is 14.7 Å². The van der Waals surface area contributed by atoms with Gasteiger partial charge in [-0.05, 0) is 56.4 Å². The maximum absolute atomic E-state index is 9.32. The highest BCUT2D eigenvalue weighted by molar-refractivity contribution is 5.41. The van der Waals surface area contributed by atoms with E-state index in [1.807, 2.05) is 23.8 Å². The van der Waals surface area contributed by atoms with E-state index in [4.69, 9.17) is 14.0 Å². The average molecular weight is 393 g/mol. The fraction of sp³-hybridized carbons (Fsp3) is 0.364. The Morgan fingerprint density at radius 3 is 2.93 bits per heavy atom. The lowest BCUT2D eigenvalue weighted by Crippen LogP contribution is -2.24. The highest BCUT2D eigenvalue weighted by atomic mass is 16.7. The fourth-order valence-corrected chi connectivity index (χ4v) is 3.22. The van der Waals surface area contributed by atoms with Gasteiger partial charge in [-0.25, -0.2) is 4.98 Å². The molecule has 0 saturated carbocycles. The summed E-state index contributed by atoms with van der Waals surface area (Å²) in [6.07, 6.45) is 6.42. The Morgan fingerprint density at radius 1 is 1.28 bits per heavy atom. The molecule has 1 unspecified atom stereocenters. The summed E-state index contributed by atoms with van der Waals surface area (Å²) in [5, 5.41) is 13.4. The molecule has 2 atom stereocenters. The first-order valence-electron chi connectivity index (χ1n) is 9.72. The highest BCUT2D eigenvalue weighted by Gasteiger charge is 2.21. The summed E-state index contributed by atoms with van der Waals surface area (Å²) in [4.78, 5) is 4.44. The lowest BCUT2D eigenvalue weighted by molar-refractivity contribution is -0.188. The van der Waals surface area contributed by atoms with Crippen molar-refractivity contribution in [2.45, 2.75) is 45.1 Å². The monoisotopic (exact) mass is 393 g/mol. The quantitative estimate of drug-likeness (QED) is 0.667. The molecule has 0 aliphatic carbocycles. The van der Waals surface area contributed by atoms with Crippen molar-refractivity contribution < 1.29 is 19.1 Å². The molecule has 2 aromatic heterocycles. The zero-order chi connectivity index (χ0) is 20.1. The Hall–Kier alpha value is -3.08. The summed E-state index contributed by atoms with van der Waals surface area (Å²) >= 11 is 0. The first kappa shape index (κ1) is 19.2. The third-order valence-electron chi connectivity index (χ3n) is 4.69. The van der Waals surface area contributed by atoms with Crippen molar-refractivity contribution in [2.24, 2.45) is 0 Å². The Balaban J connectivity index is 1.40. The molecular weight excluding hydrogens is 370 g/mol. The molecule has 1 saturated heterocycles. The maximum Gasteiger partial charge on any atom is 0.210 e. The lowest BCUT2D eigenvalue weighted by atomic mass is 10.2. The van der Waals surface area contributed by atoms with Gasteiger partial charge >= 0.3 is 0 Å². The van der Waals surface area contributed by atoms with Crippen LogP contribution in [-0.2, 0) is 16.0 Å². The van der Waals surface area contributed by atoms with Gasteiger partial charge in [0.05, 0.1) is 6.54 Å². The molecule has 0 amide bonds. The van der Waals surface area contributed by atoms with E-state index in [-0.39, 0.29) is 18.1 Å². The lowest BCUT2D eigenvalue weighted by Gasteiger charge is -2.26. The Kier molecular flexibility index (Phi) is 5.94. The van der Waals surface area contributed by atoms with Crippen LogP contribution in [0, 0.1) is 11.8 Å². The molecule has 3 heterocycles. The third-order valence-corrected chi connectivity index (χ3v) is 4.69. The van der Waals surface area contributed by atoms with Crippen molar-refractivity contribution in [3.63, 3.8) is 0 Å². The predicted octanol–water partition coefficient (Wildman–Crippen LogP) is 3.63. The van der Waals surface area contributed by atoms with Crippen LogP contribution in [0.2, 0.25) is 0 Å². The molecule has 0 radical (unpaired) electrons. The van der Waals surface area contributed by atoms with Gasteiger partial charge in [0, 0.05) is 30.6 Å². The van der Waals surface area contributed by atoms with Crippen molar-refractivity contribution >= 4 is 0 Å². The number of aromatic hydroxyl groups is 1. The van der Waals surface area contributed by atoms with Gasteiger partial charge < -0.3 is 23.7 Å². The van der Waals surface area contributed by atoms with Gasteiger partial charge in [0.2, 0.25) is 5.76 Å². The summed E-state index contributed by atoms with van der Waals surface area (Å²) < 4.78 is 19.0. The minimum Gasteiger partial charge on any atom is -0.508 e. The average Bonchev–Trinajstić information content (AvgIpc) is 3.38. The smallest absolute Gasteiger partial charge is 0.210 e. The number of hydrogen-bond donors (Lipinski definition) is 1. The minimum atomic E-state index is -0.186. The van der Waals surface area contributed by atoms with Gasteiger partial charge in [0.1, 0.15) is 23.4 Å². The van der Waals surface area contributed by atoms with Gasteiger partial charge in [-0.1, -0.05) is 11.1 Å². The van der Waals surface area contributed by atoms with E-state index < -0.39 is 0 Å². The van der Waals surface area contributed by atoms with E-state index in [2.05, 4.69) is 22.0 Å². The van der Waals surface area contributed by atoms with Crippen LogP contribution in [0.1, 0.15) is 55.1 Å². The Bertz CT molecular complexity index is 991. The molecule has 0 bridgehead atoms. The summed E-state index contributed by atoms with van der Waals surface area (Å²) in [5.41, 5.74) is 1.54. The van der Waals surface area contributed by atoms with Gasteiger partial charge in [0.15, 0.2) is 6.29 Å². The molecule has 1 aromatic carbocycles. The van der Waals surface area contributed by atoms with Crippen LogP contribution in [0.3, 0.4) is 0 Å². The first-order valence-corrected chi connectivity index (χ1v) is 9.72. The molecule has 3 aromatic rings. The van der Waals surface area contributed by atoms with Crippen molar-refractivity contribution in [3.05, 3.63) is 65.6 Å². The van der Waals surface area contributed by atoms with Crippen LogP contribution in [0.5, 0.6) is 5.75 Å². The summed E-state index contributed by atoms with van der Waals surface area (Å²) in [5.74, 6) is 7.44. The van der Waals surface area contributed by atoms with Gasteiger partial charge in [-0.2, -0.15) is 0 Å². The maximum atomic E-state index is 9.32. The van der Waals surface area contributed by atoms with Crippen LogP contribution in [0.4, 0.5) is 0 Å². The molecule has 29 heavy (non-hydrogen) atoms. The molecule has 1 aliphatic heterocycles. The van der Waals surface area contributed by atoms with Crippen LogP contribution in [-0.4, -0.2) is 32.7 Å². The molecule has 1 N–H and O–H groups in total. The van der Waals surface area contributed by atoms with Crippen LogP contribution >= 0.6 is 0 Å². The number of phenolic OH excluding ortho intramolecular Hbond substituents is 1. The number of phenols is 1. The normalized spacial score (nSPS) is 17.5. The number of benzene rings is 1. The third kappa shape index (κ3) is 5.05. The Labute approximate surface area is 169 Å². The second kappa shape index (κ2) is 8.95. The standard InChI is InChI=1S/C22H23N3O4/c1-16(28-21-4-2-3-13-27-21)22-23-11-12-25(22)15-18-14-20(29-24-18)10-7-17-5-8-19(26)9-6-17/h5-6,8-9,11-12,14,16,21,26H,2-4,13,15H2,1H3/t16-,21?/m0/s1. The largest absolute Gasteiger partial charge is 0.508 e. The van der Waals surface area contributed by atoms with Crippen LogP contribution in [0.15, 0.2) is 47.2 Å². The first-order chi connectivity index (χ1) is 14.2. The molecule has 7 nitrogen and oxygen atoms in total. The summed E-state index contributed by atoms with van der Waals surface area (Å²) in [6.45, 7) is 3.24. The molecule has 150 valence electrons. The zero-order valence-electron chi connectivity index (χ0n) is 16.2. The number of nitrogens with zero attached hydrogens (tertiary/aromatic N) is 3. The summed E-state index contributed by atoms with van der Waals surface area (Å²) in [6, 6.07) is 8.49. The molecule has 0 spiro atoms. The van der Waals surface area contributed by atoms with Crippen molar-refractivity contribution in [3.8, 4) is 17.6 Å². The van der Waals surface area contributed by atoms with Gasteiger partial charge in [-0.15, -0.1) is 0 Å². The summed E-state index contributed by atoms with van der Waals surface area (Å²) in [7, 11) is 0. The number of ether oxygens (including phenoxy) is 2. The van der Waals surface area contributed by atoms with Gasteiger partial charge in [0.25, 0.3) is 0 Å². The molecule has 7 heteroatoms.